The molecule has 0 radical (unpaired) electrons. The van der Waals surface area contributed by atoms with Gasteiger partial charge < -0.3 is 13.9 Å². The molecule has 1 saturated heterocycles. The zero-order valence-corrected chi connectivity index (χ0v) is 20.4. The molecule has 170 valence electrons. The average molecular weight is 454 g/mol. The molecule has 0 N–H and O–H groups in total. The van der Waals surface area contributed by atoms with Crippen molar-refractivity contribution < 1.29 is 23.5 Å². The predicted octanol–water partition coefficient (Wildman–Crippen LogP) is 5.14. The van der Waals surface area contributed by atoms with Gasteiger partial charge in [0.05, 0.1) is 6.61 Å². The van der Waals surface area contributed by atoms with Crippen LogP contribution in [0.1, 0.15) is 37.8 Å². The lowest BCUT2D eigenvalue weighted by Crippen LogP contribution is -2.47. The smallest absolute Gasteiger partial charge is 0.413 e. The molecule has 32 heavy (non-hydrogen) atoms. The number of ether oxygens (including phenoxy) is 2. The molecular formula is C25H31NO5Si. The van der Waals surface area contributed by atoms with Gasteiger partial charge in [-0.2, -0.15) is 0 Å². The lowest BCUT2D eigenvalue weighted by Gasteiger charge is -2.37. The highest BCUT2D eigenvalue weighted by molar-refractivity contribution is 6.74. The summed E-state index contributed by atoms with van der Waals surface area (Å²) >= 11 is 0. The van der Waals surface area contributed by atoms with E-state index in [1.807, 2.05) is 24.3 Å². The standard InChI is InChI=1S/C25H31NO5Si/c1-25(2,3)32(4,5)31-15-22-23(27)30-16-26(22)24(28)29-14-21-19-12-8-6-10-17(19)18-11-7-9-13-20(18)21/h6-13,21-22H,14-16H2,1-5H3. The zero-order chi connectivity index (χ0) is 23.1. The van der Waals surface area contributed by atoms with Crippen LogP contribution in [0.25, 0.3) is 11.1 Å². The number of amides is 1. The SMILES string of the molecule is CC(C)(C)[Si](C)(C)OCC1C(=O)OCN1C(=O)OCC1c2ccccc2-c2ccccc21. The number of hydrogen-bond donors (Lipinski definition) is 0. The number of benzene rings is 2. The minimum Gasteiger partial charge on any atom is -0.448 e. The fourth-order valence-corrected chi connectivity index (χ4v) is 4.97. The van der Waals surface area contributed by atoms with Crippen LogP contribution in [-0.2, 0) is 18.7 Å². The molecule has 2 aromatic carbocycles. The van der Waals surface area contributed by atoms with E-state index < -0.39 is 26.4 Å². The average Bonchev–Trinajstić information content (AvgIpc) is 3.27. The van der Waals surface area contributed by atoms with Gasteiger partial charge in [0.2, 0.25) is 0 Å². The largest absolute Gasteiger partial charge is 0.448 e. The minimum absolute atomic E-state index is 0.00407. The Kier molecular flexibility index (Phi) is 5.90. The molecular weight excluding hydrogens is 422 g/mol. The van der Waals surface area contributed by atoms with Gasteiger partial charge in [-0.05, 0) is 40.4 Å². The van der Waals surface area contributed by atoms with Crippen LogP contribution in [-0.4, -0.2) is 51.3 Å². The third-order valence-electron chi connectivity index (χ3n) is 6.97. The highest BCUT2D eigenvalue weighted by Crippen LogP contribution is 2.44. The second-order valence-corrected chi connectivity index (χ2v) is 14.8. The van der Waals surface area contributed by atoms with Crippen LogP contribution in [0.5, 0.6) is 0 Å². The summed E-state index contributed by atoms with van der Waals surface area (Å²) in [6.07, 6.45) is -0.554. The van der Waals surface area contributed by atoms with Crippen molar-refractivity contribution in [3.63, 3.8) is 0 Å². The molecule has 0 bridgehead atoms. The summed E-state index contributed by atoms with van der Waals surface area (Å²) in [5.74, 6) is -0.482. The van der Waals surface area contributed by atoms with Gasteiger partial charge in [-0.15, -0.1) is 0 Å². The van der Waals surface area contributed by atoms with Gasteiger partial charge in [0.1, 0.15) is 6.61 Å². The molecule has 6 nitrogen and oxygen atoms in total. The van der Waals surface area contributed by atoms with E-state index in [1.165, 1.54) is 16.0 Å². The Labute approximate surface area is 190 Å². The first-order chi connectivity index (χ1) is 15.1. The van der Waals surface area contributed by atoms with Crippen LogP contribution in [0.4, 0.5) is 4.79 Å². The summed E-state index contributed by atoms with van der Waals surface area (Å²) in [5, 5.41) is 0.00407. The molecule has 1 unspecified atom stereocenters. The van der Waals surface area contributed by atoms with Crippen LogP contribution in [0, 0.1) is 0 Å². The second-order valence-electron chi connectivity index (χ2n) is 9.95. The van der Waals surface area contributed by atoms with Crippen molar-refractivity contribution in [2.45, 2.75) is 50.9 Å². The molecule has 1 amide bonds. The van der Waals surface area contributed by atoms with Gasteiger partial charge in [0.25, 0.3) is 0 Å². The first-order valence-corrected chi connectivity index (χ1v) is 13.9. The van der Waals surface area contributed by atoms with Crippen molar-refractivity contribution in [3.8, 4) is 11.1 Å². The number of carbonyl (C=O) groups excluding carboxylic acids is 2. The van der Waals surface area contributed by atoms with E-state index in [2.05, 4.69) is 58.1 Å². The van der Waals surface area contributed by atoms with Gasteiger partial charge in [-0.25, -0.2) is 9.59 Å². The molecule has 1 aliphatic heterocycles. The number of fused-ring (bicyclic) bond motifs is 3. The van der Waals surface area contributed by atoms with E-state index in [1.54, 1.807) is 0 Å². The van der Waals surface area contributed by atoms with E-state index in [-0.39, 0.29) is 30.9 Å². The molecule has 2 aliphatic rings. The molecule has 1 heterocycles. The zero-order valence-electron chi connectivity index (χ0n) is 19.4. The molecule has 0 spiro atoms. The Morgan fingerprint density at radius 2 is 1.59 bits per heavy atom. The Morgan fingerprint density at radius 1 is 1.03 bits per heavy atom. The molecule has 1 fully saturated rings. The topological polar surface area (TPSA) is 65.1 Å². The van der Waals surface area contributed by atoms with Crippen LogP contribution in [0.2, 0.25) is 18.1 Å². The molecule has 0 saturated carbocycles. The van der Waals surface area contributed by atoms with Crippen LogP contribution >= 0.6 is 0 Å². The summed E-state index contributed by atoms with van der Waals surface area (Å²) in [6, 6.07) is 15.6. The van der Waals surface area contributed by atoms with Gasteiger partial charge >= 0.3 is 12.1 Å². The molecule has 1 aliphatic carbocycles. The lowest BCUT2D eigenvalue weighted by molar-refractivity contribution is -0.139. The number of nitrogens with zero attached hydrogens (tertiary/aromatic N) is 1. The van der Waals surface area contributed by atoms with Crippen LogP contribution < -0.4 is 0 Å². The Balaban J connectivity index is 1.44. The number of carbonyl (C=O) groups is 2. The first-order valence-electron chi connectivity index (χ1n) is 11.0. The first kappa shape index (κ1) is 22.5. The Morgan fingerprint density at radius 3 is 2.16 bits per heavy atom. The van der Waals surface area contributed by atoms with E-state index in [9.17, 15) is 9.59 Å². The highest BCUT2D eigenvalue weighted by Gasteiger charge is 2.43. The van der Waals surface area contributed by atoms with Crippen molar-refractivity contribution in [2.24, 2.45) is 0 Å². The lowest BCUT2D eigenvalue weighted by atomic mass is 9.98. The van der Waals surface area contributed by atoms with E-state index in [4.69, 9.17) is 13.9 Å². The normalized spacial score (nSPS) is 18.3. The minimum atomic E-state index is -2.07. The van der Waals surface area contributed by atoms with Gasteiger partial charge in [-0.3, -0.25) is 4.90 Å². The third-order valence-corrected chi connectivity index (χ3v) is 11.5. The number of cyclic esters (lactones) is 1. The number of hydrogen-bond acceptors (Lipinski definition) is 5. The molecule has 0 aromatic heterocycles. The maximum atomic E-state index is 12.9. The third kappa shape index (κ3) is 4.07. The van der Waals surface area contributed by atoms with Crippen molar-refractivity contribution >= 4 is 20.4 Å². The quantitative estimate of drug-likeness (QED) is 0.463. The molecule has 1 atom stereocenters. The van der Waals surface area contributed by atoms with Crippen molar-refractivity contribution in [1.82, 2.24) is 4.90 Å². The molecule has 4 rings (SSSR count). The summed E-state index contributed by atoms with van der Waals surface area (Å²) in [7, 11) is -2.07. The number of rotatable bonds is 5. The van der Waals surface area contributed by atoms with Gasteiger partial charge in [-0.1, -0.05) is 69.3 Å². The van der Waals surface area contributed by atoms with Gasteiger partial charge in [0.15, 0.2) is 21.1 Å². The molecule has 7 heteroatoms. The Hall–Kier alpha value is -2.64. The number of esters is 1. The van der Waals surface area contributed by atoms with E-state index >= 15 is 0 Å². The monoisotopic (exact) mass is 453 g/mol. The van der Waals surface area contributed by atoms with Crippen molar-refractivity contribution in [3.05, 3.63) is 59.7 Å². The predicted molar refractivity (Wildman–Crippen MR) is 125 cm³/mol. The molecule has 2 aromatic rings. The fourth-order valence-electron chi connectivity index (χ4n) is 3.97. The van der Waals surface area contributed by atoms with E-state index in [0.717, 1.165) is 11.1 Å². The maximum absolute atomic E-state index is 12.9. The van der Waals surface area contributed by atoms with Crippen LogP contribution in [0.15, 0.2) is 48.5 Å². The van der Waals surface area contributed by atoms with Crippen LogP contribution in [0.3, 0.4) is 0 Å². The van der Waals surface area contributed by atoms with Gasteiger partial charge in [0, 0.05) is 5.92 Å². The summed E-state index contributed by atoms with van der Waals surface area (Å²) in [4.78, 5) is 26.6. The summed E-state index contributed by atoms with van der Waals surface area (Å²) in [5.41, 5.74) is 4.63. The maximum Gasteiger partial charge on any atom is 0.413 e. The summed E-state index contributed by atoms with van der Waals surface area (Å²) in [6.45, 7) is 10.9. The Bertz CT molecular complexity index is 983. The summed E-state index contributed by atoms with van der Waals surface area (Å²) < 4.78 is 17.1. The fraction of sp³-hybridized carbons (Fsp3) is 0.440. The highest BCUT2D eigenvalue weighted by atomic mass is 28.4. The van der Waals surface area contributed by atoms with E-state index in [0.29, 0.717) is 0 Å². The second kappa shape index (κ2) is 8.37. The van der Waals surface area contributed by atoms with Crippen molar-refractivity contribution in [2.75, 3.05) is 19.9 Å². The van der Waals surface area contributed by atoms with Crippen molar-refractivity contribution in [1.29, 1.82) is 0 Å².